The highest BCUT2D eigenvalue weighted by molar-refractivity contribution is 7.89. The van der Waals surface area contributed by atoms with E-state index in [1.54, 1.807) is 0 Å². The Kier molecular flexibility index (Phi) is 4.25. The number of aliphatic hydroxyl groups is 1. The maximum absolute atomic E-state index is 13.6. The fraction of sp³-hybridized carbons (Fsp3) is 0.400. The Labute approximate surface area is 104 Å². The molecule has 0 aliphatic carbocycles. The van der Waals surface area contributed by atoms with Gasteiger partial charge in [-0.15, -0.1) is 0 Å². The molecule has 1 rings (SSSR count). The van der Waals surface area contributed by atoms with Crippen LogP contribution in [0.5, 0.6) is 0 Å². The van der Waals surface area contributed by atoms with Gasteiger partial charge in [-0.1, -0.05) is 0 Å². The molecular formula is C10H14F2N2O3S. The molecule has 18 heavy (non-hydrogen) atoms. The molecule has 8 heteroatoms. The van der Waals surface area contributed by atoms with Gasteiger partial charge in [-0.05, 0) is 19.1 Å². The Morgan fingerprint density at radius 1 is 1.44 bits per heavy atom. The molecular weight excluding hydrogens is 266 g/mol. The summed E-state index contributed by atoms with van der Waals surface area (Å²) in [5, 5.41) is 9.12. The van der Waals surface area contributed by atoms with E-state index < -0.39 is 38.3 Å². The molecule has 0 fully saturated rings. The lowest BCUT2D eigenvalue weighted by atomic mass is 10.3. The number of halogens is 2. The number of hydrogen-bond acceptors (Lipinski definition) is 4. The second-order valence-corrected chi connectivity index (χ2v) is 5.92. The van der Waals surface area contributed by atoms with Crippen LogP contribution in [0.4, 0.5) is 14.5 Å². The fourth-order valence-electron chi connectivity index (χ4n) is 1.39. The first-order valence-corrected chi connectivity index (χ1v) is 6.49. The summed E-state index contributed by atoms with van der Waals surface area (Å²) in [6.07, 6.45) is -0.911. The zero-order chi connectivity index (χ0) is 14.1. The van der Waals surface area contributed by atoms with Crippen molar-refractivity contribution < 1.29 is 22.3 Å². The van der Waals surface area contributed by atoms with Gasteiger partial charge in [0.05, 0.1) is 6.10 Å². The Hall–Kier alpha value is -1.25. The number of nitrogens with two attached hydrogens (primary N) is 1. The van der Waals surface area contributed by atoms with Gasteiger partial charge in [0.15, 0.2) is 5.82 Å². The second kappa shape index (κ2) is 5.17. The lowest BCUT2D eigenvalue weighted by Crippen LogP contribution is -2.33. The van der Waals surface area contributed by atoms with E-state index in [-0.39, 0.29) is 6.54 Å². The van der Waals surface area contributed by atoms with Gasteiger partial charge in [-0.2, -0.15) is 4.31 Å². The number of benzene rings is 1. The van der Waals surface area contributed by atoms with Crippen LogP contribution in [0.1, 0.15) is 6.92 Å². The molecule has 3 N–H and O–H groups in total. The van der Waals surface area contributed by atoms with E-state index in [4.69, 9.17) is 10.8 Å². The molecule has 0 bridgehead atoms. The van der Waals surface area contributed by atoms with Gasteiger partial charge in [0.2, 0.25) is 10.0 Å². The van der Waals surface area contributed by atoms with Gasteiger partial charge < -0.3 is 10.8 Å². The minimum absolute atomic E-state index is 0.209. The average molecular weight is 280 g/mol. The molecule has 0 aromatic heterocycles. The summed E-state index contributed by atoms with van der Waals surface area (Å²) in [5.41, 5.74) is 4.25. The van der Waals surface area contributed by atoms with Crippen molar-refractivity contribution in [3.63, 3.8) is 0 Å². The van der Waals surface area contributed by atoms with Gasteiger partial charge in [0.25, 0.3) is 0 Å². The average Bonchev–Trinajstić information content (AvgIpc) is 2.24. The number of rotatable bonds is 4. The van der Waals surface area contributed by atoms with E-state index >= 15 is 0 Å². The number of nitrogen functional groups attached to an aromatic ring is 1. The molecule has 0 spiro atoms. The van der Waals surface area contributed by atoms with E-state index in [1.165, 1.54) is 14.0 Å². The van der Waals surface area contributed by atoms with Crippen molar-refractivity contribution >= 4 is 15.7 Å². The van der Waals surface area contributed by atoms with Crippen LogP contribution in [0.3, 0.4) is 0 Å². The van der Waals surface area contributed by atoms with Crippen molar-refractivity contribution in [2.75, 3.05) is 19.3 Å². The van der Waals surface area contributed by atoms with Gasteiger partial charge in [-0.25, -0.2) is 17.2 Å². The van der Waals surface area contributed by atoms with Crippen LogP contribution < -0.4 is 5.73 Å². The maximum Gasteiger partial charge on any atom is 0.245 e. The third-order valence-electron chi connectivity index (χ3n) is 2.30. The highest BCUT2D eigenvalue weighted by Gasteiger charge is 2.27. The largest absolute Gasteiger partial charge is 0.394 e. The Balaban J connectivity index is 3.25. The van der Waals surface area contributed by atoms with Crippen molar-refractivity contribution in [3.05, 3.63) is 23.8 Å². The molecule has 0 aliphatic rings. The third kappa shape index (κ3) is 2.77. The summed E-state index contributed by atoms with van der Waals surface area (Å²) in [6, 6.07) is 1.58. The first-order chi connectivity index (χ1) is 8.17. The number of likely N-dealkylation sites (N-methyl/N-ethyl adjacent to an activating group) is 1. The summed E-state index contributed by atoms with van der Waals surface area (Å²) in [4.78, 5) is -0.718. The van der Waals surface area contributed by atoms with Gasteiger partial charge in [0.1, 0.15) is 16.4 Å². The van der Waals surface area contributed by atoms with Crippen molar-refractivity contribution in [3.8, 4) is 0 Å². The second-order valence-electron chi connectivity index (χ2n) is 3.91. The fourth-order valence-corrected chi connectivity index (χ4v) is 2.71. The molecule has 102 valence electrons. The van der Waals surface area contributed by atoms with Crippen LogP contribution >= 0.6 is 0 Å². The van der Waals surface area contributed by atoms with Crippen LogP contribution in [-0.2, 0) is 10.0 Å². The zero-order valence-corrected chi connectivity index (χ0v) is 10.7. The van der Waals surface area contributed by atoms with Crippen molar-refractivity contribution in [2.24, 2.45) is 0 Å². The van der Waals surface area contributed by atoms with E-state index in [0.717, 1.165) is 16.4 Å². The van der Waals surface area contributed by atoms with E-state index in [2.05, 4.69) is 0 Å². The molecule has 5 nitrogen and oxygen atoms in total. The minimum atomic E-state index is -4.15. The lowest BCUT2D eigenvalue weighted by Gasteiger charge is -2.19. The molecule has 0 saturated heterocycles. The molecule has 0 saturated carbocycles. The molecule has 1 aromatic carbocycles. The molecule has 1 unspecified atom stereocenters. The minimum Gasteiger partial charge on any atom is -0.394 e. The normalized spacial score (nSPS) is 13.9. The topological polar surface area (TPSA) is 83.6 Å². The number of hydrogen-bond donors (Lipinski definition) is 2. The highest BCUT2D eigenvalue weighted by atomic mass is 32.2. The molecule has 1 atom stereocenters. The van der Waals surface area contributed by atoms with Crippen LogP contribution in [0.15, 0.2) is 17.0 Å². The van der Waals surface area contributed by atoms with Crippen LogP contribution in [0.2, 0.25) is 0 Å². The summed E-state index contributed by atoms with van der Waals surface area (Å²) in [5.74, 6) is -2.35. The Bertz CT molecular complexity index is 546. The van der Waals surface area contributed by atoms with Gasteiger partial charge in [0, 0.05) is 13.6 Å². The monoisotopic (exact) mass is 280 g/mol. The first kappa shape index (κ1) is 14.8. The summed E-state index contributed by atoms with van der Waals surface area (Å²) >= 11 is 0. The molecule has 0 heterocycles. The van der Waals surface area contributed by atoms with Gasteiger partial charge in [-0.3, -0.25) is 0 Å². The third-order valence-corrected chi connectivity index (χ3v) is 4.14. The lowest BCUT2D eigenvalue weighted by molar-refractivity contribution is 0.171. The number of aliphatic hydroxyl groups excluding tert-OH is 1. The van der Waals surface area contributed by atoms with Crippen LogP contribution in [-0.4, -0.2) is 37.5 Å². The predicted octanol–water partition coefficient (Wildman–Crippen LogP) is 0.548. The smallest absolute Gasteiger partial charge is 0.245 e. The molecule has 0 aliphatic heterocycles. The SMILES string of the molecule is CC(O)CN(C)S(=O)(=O)c1ccc(F)c(N)c1F. The summed E-state index contributed by atoms with van der Waals surface area (Å²) in [6.45, 7) is 1.18. The van der Waals surface area contributed by atoms with Crippen LogP contribution in [0.25, 0.3) is 0 Å². The maximum atomic E-state index is 13.6. The van der Waals surface area contributed by atoms with Crippen molar-refractivity contribution in [1.29, 1.82) is 0 Å². The van der Waals surface area contributed by atoms with E-state index in [9.17, 15) is 17.2 Å². The number of anilines is 1. The molecule has 0 amide bonds. The Morgan fingerprint density at radius 3 is 2.50 bits per heavy atom. The van der Waals surface area contributed by atoms with Crippen molar-refractivity contribution in [1.82, 2.24) is 4.31 Å². The van der Waals surface area contributed by atoms with Crippen molar-refractivity contribution in [2.45, 2.75) is 17.9 Å². The van der Waals surface area contributed by atoms with E-state index in [1.807, 2.05) is 0 Å². The molecule has 0 radical (unpaired) electrons. The predicted molar refractivity (Wildman–Crippen MR) is 62.3 cm³/mol. The standard InChI is InChI=1S/C10H14F2N2O3S/c1-6(15)5-14(2)18(16,17)8-4-3-7(11)10(13)9(8)12/h3-4,6,15H,5,13H2,1-2H3. The first-order valence-electron chi connectivity index (χ1n) is 5.05. The van der Waals surface area contributed by atoms with E-state index in [0.29, 0.717) is 0 Å². The van der Waals surface area contributed by atoms with Crippen LogP contribution in [0, 0.1) is 11.6 Å². The summed E-state index contributed by atoms with van der Waals surface area (Å²) in [7, 11) is -2.97. The quantitative estimate of drug-likeness (QED) is 0.789. The Morgan fingerprint density at radius 2 is 2.00 bits per heavy atom. The van der Waals surface area contributed by atoms with Gasteiger partial charge >= 0.3 is 0 Å². The molecule has 1 aromatic rings. The summed E-state index contributed by atoms with van der Waals surface area (Å²) < 4.78 is 51.2. The zero-order valence-electron chi connectivity index (χ0n) is 9.89. The number of sulfonamides is 1. The number of nitrogens with zero attached hydrogens (tertiary/aromatic N) is 1. The highest BCUT2D eigenvalue weighted by Crippen LogP contribution is 2.24.